The molecule has 2 saturated heterocycles. The number of aromatic nitrogens is 5. The molecule has 1 amide bonds. The van der Waals surface area contributed by atoms with Gasteiger partial charge in [0.2, 0.25) is 0 Å². The van der Waals surface area contributed by atoms with Gasteiger partial charge >= 0.3 is 6.01 Å². The van der Waals surface area contributed by atoms with Gasteiger partial charge in [0, 0.05) is 51.4 Å². The Morgan fingerprint density at radius 1 is 1.15 bits per heavy atom. The molecule has 0 aliphatic carbocycles. The second kappa shape index (κ2) is 12.6. The Morgan fingerprint density at radius 2 is 1.93 bits per heavy atom. The minimum Gasteiger partial charge on any atom is -0.402 e. The number of nitrogens with one attached hydrogen (secondary N) is 1. The summed E-state index contributed by atoms with van der Waals surface area (Å²) in [6.07, 6.45) is 4.61. The largest absolute Gasteiger partial charge is 0.402 e. The number of piperidine rings is 1. The molecule has 5 heterocycles. The Morgan fingerprint density at radius 3 is 2.61 bits per heavy atom. The van der Waals surface area contributed by atoms with Crippen molar-refractivity contribution in [1.29, 1.82) is 0 Å². The number of likely N-dealkylation sites (tertiary alicyclic amines) is 1. The Kier molecular flexibility index (Phi) is 8.88. The van der Waals surface area contributed by atoms with E-state index in [2.05, 4.69) is 51.1 Å². The van der Waals surface area contributed by atoms with Crippen LogP contribution in [0.4, 0.5) is 17.7 Å². The summed E-state index contributed by atoms with van der Waals surface area (Å²) < 4.78 is 5.71. The highest BCUT2D eigenvalue weighted by molar-refractivity contribution is 6.29. The third-order valence-electron chi connectivity index (χ3n) is 7.94. The van der Waals surface area contributed by atoms with Crippen LogP contribution in [0.25, 0.3) is 11.6 Å². The van der Waals surface area contributed by atoms with Gasteiger partial charge in [-0.05, 0) is 44.2 Å². The van der Waals surface area contributed by atoms with Gasteiger partial charge in [0.1, 0.15) is 16.7 Å². The van der Waals surface area contributed by atoms with Crippen molar-refractivity contribution in [2.45, 2.75) is 65.0 Å². The first-order chi connectivity index (χ1) is 19.8. The van der Waals surface area contributed by atoms with Gasteiger partial charge in [-0.3, -0.25) is 9.69 Å². The van der Waals surface area contributed by atoms with Crippen molar-refractivity contribution in [1.82, 2.24) is 34.9 Å². The average molecular weight is 583 g/mol. The van der Waals surface area contributed by atoms with Crippen molar-refractivity contribution in [3.8, 4) is 11.6 Å². The van der Waals surface area contributed by atoms with Crippen molar-refractivity contribution in [2.24, 2.45) is 0 Å². The number of anilines is 3. The number of amides is 1. The van der Waals surface area contributed by atoms with Crippen LogP contribution in [-0.4, -0.2) is 92.2 Å². The van der Waals surface area contributed by atoms with Crippen molar-refractivity contribution in [2.75, 3.05) is 55.2 Å². The van der Waals surface area contributed by atoms with Crippen LogP contribution in [0, 0.1) is 0 Å². The zero-order valence-electron chi connectivity index (χ0n) is 24.2. The molecule has 2 aliphatic rings. The molecule has 0 saturated carbocycles. The molecule has 0 radical (unpaired) electrons. The second-order valence-corrected chi connectivity index (χ2v) is 11.3. The quantitative estimate of drug-likeness (QED) is 0.373. The molecule has 1 atom stereocenters. The molecule has 5 rings (SSSR count). The summed E-state index contributed by atoms with van der Waals surface area (Å²) in [5.41, 5.74) is 7.89. The standard InChI is InChI=1S/C28H39ClN10O2/c1-5-18-16-38(25-23(17(3)4)33-21(15-32-25)26-35-36-28(41-26)31-6-2)13-14-39(18)19-9-11-37(12-10-19)27(40)20-7-8-22(29)34-24(20)30/h7-8,15,17-19H,5-6,9-14,16H2,1-4H3,(H2,30,34)(H,31,36)/t18-/m0/s1. The summed E-state index contributed by atoms with van der Waals surface area (Å²) in [5.74, 6) is 1.56. The van der Waals surface area contributed by atoms with Gasteiger partial charge in [0.05, 0.1) is 17.5 Å². The summed E-state index contributed by atoms with van der Waals surface area (Å²) in [6.45, 7) is 13.2. The normalized spacial score (nSPS) is 18.7. The fourth-order valence-electron chi connectivity index (χ4n) is 5.79. The van der Waals surface area contributed by atoms with E-state index in [9.17, 15) is 4.79 Å². The smallest absolute Gasteiger partial charge is 0.315 e. The van der Waals surface area contributed by atoms with Gasteiger partial charge in [0.25, 0.3) is 11.8 Å². The number of pyridine rings is 1. The zero-order valence-corrected chi connectivity index (χ0v) is 24.9. The van der Waals surface area contributed by atoms with Crippen molar-refractivity contribution in [3.63, 3.8) is 0 Å². The van der Waals surface area contributed by atoms with E-state index < -0.39 is 0 Å². The van der Waals surface area contributed by atoms with Crippen LogP contribution in [-0.2, 0) is 0 Å². The number of rotatable bonds is 8. The predicted octanol–water partition coefficient (Wildman–Crippen LogP) is 3.92. The van der Waals surface area contributed by atoms with Crippen LogP contribution in [0.1, 0.15) is 68.9 Å². The highest BCUT2D eigenvalue weighted by Crippen LogP contribution is 2.31. The Hall–Kier alpha value is -3.51. The lowest BCUT2D eigenvalue weighted by Gasteiger charge is -2.48. The van der Waals surface area contributed by atoms with Crippen molar-refractivity contribution in [3.05, 3.63) is 34.7 Å². The van der Waals surface area contributed by atoms with Crippen molar-refractivity contribution < 1.29 is 9.21 Å². The van der Waals surface area contributed by atoms with Crippen LogP contribution in [0.15, 0.2) is 22.7 Å². The topological polar surface area (TPSA) is 142 Å². The summed E-state index contributed by atoms with van der Waals surface area (Å²) in [6, 6.07) is 4.45. The van der Waals surface area contributed by atoms with E-state index in [-0.39, 0.29) is 22.8 Å². The first-order valence-corrected chi connectivity index (χ1v) is 14.8. The molecule has 3 N–H and O–H groups in total. The molecule has 3 aromatic heterocycles. The van der Waals surface area contributed by atoms with Crippen molar-refractivity contribution >= 4 is 35.2 Å². The average Bonchev–Trinajstić information content (AvgIpc) is 3.45. The summed E-state index contributed by atoms with van der Waals surface area (Å²) in [5, 5.41) is 11.5. The molecule has 2 fully saturated rings. The highest BCUT2D eigenvalue weighted by Gasteiger charge is 2.35. The number of halogens is 1. The Balaban J connectivity index is 1.24. The van der Waals surface area contributed by atoms with Gasteiger partial charge in [-0.25, -0.2) is 15.0 Å². The predicted molar refractivity (Wildman–Crippen MR) is 159 cm³/mol. The first kappa shape index (κ1) is 29.0. The number of nitrogen functional groups attached to an aromatic ring is 1. The number of hydrogen-bond donors (Lipinski definition) is 2. The lowest BCUT2D eigenvalue weighted by atomic mass is 9.97. The zero-order chi connectivity index (χ0) is 29.1. The number of carbonyl (C=O) groups excluding carboxylic acids is 1. The lowest BCUT2D eigenvalue weighted by Crippen LogP contribution is -2.59. The van der Waals surface area contributed by atoms with E-state index in [1.165, 1.54) is 0 Å². The van der Waals surface area contributed by atoms with Gasteiger partial charge < -0.3 is 25.3 Å². The maximum absolute atomic E-state index is 13.1. The van der Waals surface area contributed by atoms with E-state index in [0.717, 1.165) is 50.4 Å². The SMILES string of the molecule is CCNc1nnc(-c2cnc(N3CCN(C4CCN(C(=O)c5ccc(Cl)nc5N)CC4)[C@@H](CC)C3)c(C(C)C)n2)o1. The molecular formula is C28H39ClN10O2. The molecule has 2 aliphatic heterocycles. The van der Waals surface area contributed by atoms with Crippen LogP contribution in [0.2, 0.25) is 5.15 Å². The van der Waals surface area contributed by atoms with Gasteiger partial charge in [-0.15, -0.1) is 5.10 Å². The van der Waals surface area contributed by atoms with Crippen LogP contribution in [0.5, 0.6) is 0 Å². The molecular weight excluding hydrogens is 544 g/mol. The van der Waals surface area contributed by atoms with E-state index >= 15 is 0 Å². The number of hydrogen-bond acceptors (Lipinski definition) is 11. The second-order valence-electron chi connectivity index (χ2n) is 10.9. The number of nitrogens with zero attached hydrogens (tertiary/aromatic N) is 8. The van der Waals surface area contributed by atoms with Gasteiger partial charge in [-0.1, -0.05) is 37.5 Å². The maximum Gasteiger partial charge on any atom is 0.315 e. The maximum atomic E-state index is 13.1. The monoisotopic (exact) mass is 582 g/mol. The molecule has 13 heteroatoms. The molecule has 41 heavy (non-hydrogen) atoms. The van der Waals surface area contributed by atoms with Crippen LogP contribution in [0.3, 0.4) is 0 Å². The van der Waals surface area contributed by atoms with E-state index in [0.29, 0.717) is 54.9 Å². The fraction of sp³-hybridized carbons (Fsp3) is 0.571. The van der Waals surface area contributed by atoms with E-state index in [1.54, 1.807) is 18.3 Å². The first-order valence-electron chi connectivity index (χ1n) is 14.5. The Bertz CT molecular complexity index is 1360. The molecule has 0 unspecified atom stereocenters. The summed E-state index contributed by atoms with van der Waals surface area (Å²) >= 11 is 5.91. The molecule has 220 valence electrons. The molecule has 12 nitrogen and oxygen atoms in total. The minimum absolute atomic E-state index is 0.0800. The van der Waals surface area contributed by atoms with E-state index in [1.807, 2.05) is 11.8 Å². The number of carbonyl (C=O) groups is 1. The Labute approximate surface area is 245 Å². The highest BCUT2D eigenvalue weighted by atomic mass is 35.5. The molecule has 0 spiro atoms. The number of piperazine rings is 1. The van der Waals surface area contributed by atoms with Crippen LogP contribution >= 0.6 is 11.6 Å². The molecule has 0 bridgehead atoms. The molecule has 0 aromatic carbocycles. The fourth-order valence-corrected chi connectivity index (χ4v) is 5.94. The summed E-state index contributed by atoms with van der Waals surface area (Å²) in [4.78, 5) is 33.8. The minimum atomic E-state index is -0.0800. The van der Waals surface area contributed by atoms with Gasteiger partial charge in [0.15, 0.2) is 5.82 Å². The third kappa shape index (κ3) is 6.23. The molecule has 3 aromatic rings. The third-order valence-corrected chi connectivity index (χ3v) is 8.15. The van der Waals surface area contributed by atoms with Crippen LogP contribution < -0.4 is 16.0 Å². The van der Waals surface area contributed by atoms with Gasteiger partial charge in [-0.2, -0.15) is 0 Å². The number of nitrogens with two attached hydrogens (primary N) is 1. The lowest BCUT2D eigenvalue weighted by molar-refractivity contribution is 0.0491. The summed E-state index contributed by atoms with van der Waals surface area (Å²) in [7, 11) is 0. The van der Waals surface area contributed by atoms with E-state index in [4.69, 9.17) is 31.7 Å².